The van der Waals surface area contributed by atoms with Gasteiger partial charge in [0.1, 0.15) is 21.1 Å². The molecule has 2 aromatic heterocycles. The van der Waals surface area contributed by atoms with Gasteiger partial charge in [-0.15, -0.1) is 15.7 Å². The fourth-order valence-electron chi connectivity index (χ4n) is 6.51. The Morgan fingerprint density at radius 3 is 1.85 bits per heavy atom. The highest BCUT2D eigenvalue weighted by Gasteiger charge is 2.42. The number of nitrogens with two attached hydrogens (primary N) is 1. The maximum atomic E-state index is 13.3. The molecule has 2 aromatic rings. The summed E-state index contributed by atoms with van der Waals surface area (Å²) in [6.07, 6.45) is -9.75. The number of rotatable bonds is 23. The summed E-state index contributed by atoms with van der Waals surface area (Å²) in [6.45, 7) is 15.2. The Hall–Kier alpha value is -5.11. The van der Waals surface area contributed by atoms with Crippen molar-refractivity contribution in [2.24, 2.45) is 5.14 Å². The van der Waals surface area contributed by atoms with E-state index in [4.69, 9.17) is 43.0 Å². The van der Waals surface area contributed by atoms with Crippen molar-refractivity contribution >= 4 is 90.7 Å². The highest BCUT2D eigenvalue weighted by Crippen LogP contribution is 2.42. The zero-order chi connectivity index (χ0) is 53.2. The van der Waals surface area contributed by atoms with Crippen molar-refractivity contribution in [3.8, 4) is 5.88 Å². The van der Waals surface area contributed by atoms with E-state index < -0.39 is 121 Å². The van der Waals surface area contributed by atoms with E-state index in [0.717, 1.165) is 49.8 Å². The molecule has 0 spiro atoms. The summed E-state index contributed by atoms with van der Waals surface area (Å²) in [4.78, 5) is 93.5. The SMILES string of the molecule is CCN(C(=O)CCC(=O)OC(C)C(=O)OC(C)C(=O)OC(C)C(=O)OC(C)C(=O)OC(C)C(=O)OC(CNC(C)(C)C)COc1nsnc1N1CCOCC1)[C@@H]1CN(C)S(=O)(=O)c2sc(S(N)(=O)=O)cc21. The number of ether oxygens (including phenoxy) is 8. The number of carbonyl (C=O) groups is 7. The fourth-order valence-corrected chi connectivity index (χ4v) is 11.1. The predicted molar refractivity (Wildman–Crippen MR) is 249 cm³/mol. The smallest absolute Gasteiger partial charge is 0.347 e. The van der Waals surface area contributed by atoms with E-state index in [1.54, 1.807) is 6.92 Å². The minimum atomic E-state index is -4.27. The van der Waals surface area contributed by atoms with Gasteiger partial charge < -0.3 is 53.0 Å². The van der Waals surface area contributed by atoms with Gasteiger partial charge in [-0.2, -0.15) is 8.68 Å². The van der Waals surface area contributed by atoms with Crippen molar-refractivity contribution in [3.63, 3.8) is 0 Å². The monoisotopic (exact) mass is 1080 g/mol. The largest absolute Gasteiger partial charge is 0.470 e. The second-order valence-corrected chi connectivity index (χ2v) is 22.9. The number of nitrogens with one attached hydrogen (secondary N) is 1. The molecule has 398 valence electrons. The average Bonchev–Trinajstić information content (AvgIpc) is 3.98. The number of morpholine rings is 1. The summed E-state index contributed by atoms with van der Waals surface area (Å²) in [5, 5.41) is 8.48. The molecule has 0 radical (unpaired) electrons. The molecule has 2 aliphatic rings. The van der Waals surface area contributed by atoms with E-state index in [9.17, 15) is 50.4 Å². The van der Waals surface area contributed by atoms with Crippen LogP contribution in [0.15, 0.2) is 14.5 Å². The number of thiophene rings is 1. The van der Waals surface area contributed by atoms with Crippen molar-refractivity contribution in [3.05, 3.63) is 11.6 Å². The van der Waals surface area contributed by atoms with Gasteiger partial charge in [0.05, 0.1) is 37.4 Å². The van der Waals surface area contributed by atoms with Gasteiger partial charge in [0.2, 0.25) is 21.7 Å². The van der Waals surface area contributed by atoms with Crippen molar-refractivity contribution in [2.75, 3.05) is 64.5 Å². The number of hydrogen-bond donors (Lipinski definition) is 2. The molecule has 2 aliphatic heterocycles. The molecule has 0 bridgehead atoms. The first-order valence-electron chi connectivity index (χ1n) is 22.2. The van der Waals surface area contributed by atoms with E-state index in [1.807, 2.05) is 25.7 Å². The van der Waals surface area contributed by atoms with Crippen LogP contribution in [-0.4, -0.2) is 178 Å². The van der Waals surface area contributed by atoms with Crippen LogP contribution in [0.25, 0.3) is 0 Å². The topological polar surface area (TPSA) is 335 Å². The molecule has 4 rings (SSSR count). The Bertz CT molecular complexity index is 2470. The second kappa shape index (κ2) is 25.0. The summed E-state index contributed by atoms with van der Waals surface area (Å²) in [6, 6.07) is 0.198. The number of aromatic nitrogens is 2. The van der Waals surface area contributed by atoms with Crippen molar-refractivity contribution < 1.29 is 88.3 Å². The summed E-state index contributed by atoms with van der Waals surface area (Å²) in [5.74, 6) is -6.48. The summed E-state index contributed by atoms with van der Waals surface area (Å²) >= 11 is 1.43. The Labute approximate surface area is 419 Å². The quantitative estimate of drug-likeness (QED) is 0.113. The third-order valence-corrected chi connectivity index (χ3v) is 15.9. The summed E-state index contributed by atoms with van der Waals surface area (Å²) < 4.78 is 101. The van der Waals surface area contributed by atoms with Gasteiger partial charge in [0.15, 0.2) is 30.5 Å². The first kappa shape index (κ1) is 58.5. The lowest BCUT2D eigenvalue weighted by atomic mass is 10.1. The molecule has 4 heterocycles. The van der Waals surface area contributed by atoms with E-state index in [1.165, 1.54) is 18.9 Å². The van der Waals surface area contributed by atoms with E-state index in [0.29, 0.717) is 43.5 Å². The van der Waals surface area contributed by atoms with E-state index >= 15 is 0 Å². The number of fused-ring (bicyclic) bond motifs is 1. The van der Waals surface area contributed by atoms with Gasteiger partial charge in [-0.05, 0) is 68.4 Å². The van der Waals surface area contributed by atoms with Crippen LogP contribution in [0.5, 0.6) is 5.88 Å². The van der Waals surface area contributed by atoms with E-state index in [-0.39, 0.29) is 47.4 Å². The van der Waals surface area contributed by atoms with E-state index in [2.05, 4.69) is 14.1 Å². The lowest BCUT2D eigenvalue weighted by Gasteiger charge is -2.37. The lowest BCUT2D eigenvalue weighted by molar-refractivity contribution is -0.187. The first-order valence-corrected chi connectivity index (χ1v) is 26.7. The van der Waals surface area contributed by atoms with Crippen LogP contribution in [0.2, 0.25) is 0 Å². The molecular formula is C41H61N7O19S4. The van der Waals surface area contributed by atoms with Gasteiger partial charge in [-0.1, -0.05) is 0 Å². The Kier molecular flexibility index (Phi) is 20.6. The van der Waals surface area contributed by atoms with Crippen molar-refractivity contribution in [1.82, 2.24) is 23.3 Å². The minimum Gasteiger partial charge on any atom is -0.470 e. The van der Waals surface area contributed by atoms with Crippen LogP contribution in [-0.2, 0) is 86.8 Å². The van der Waals surface area contributed by atoms with Gasteiger partial charge in [0.25, 0.3) is 15.9 Å². The number of hydrogen-bond acceptors (Lipinski definition) is 25. The van der Waals surface area contributed by atoms with Crippen LogP contribution in [0.4, 0.5) is 5.82 Å². The lowest BCUT2D eigenvalue weighted by Crippen LogP contribution is -2.45. The number of amides is 1. The van der Waals surface area contributed by atoms with Crippen LogP contribution in [0.1, 0.15) is 86.8 Å². The number of carbonyl (C=O) groups excluding carboxylic acids is 7. The van der Waals surface area contributed by atoms with Gasteiger partial charge in [-0.25, -0.2) is 45.9 Å². The number of primary sulfonamides is 1. The predicted octanol–water partition coefficient (Wildman–Crippen LogP) is 0.425. The van der Waals surface area contributed by atoms with Crippen LogP contribution < -0.4 is 20.1 Å². The number of anilines is 1. The number of esters is 6. The molecule has 26 nitrogen and oxygen atoms in total. The second-order valence-electron chi connectivity index (χ2n) is 17.3. The third-order valence-electron chi connectivity index (χ3n) is 10.4. The highest BCUT2D eigenvalue weighted by molar-refractivity contribution is 7.94. The third kappa shape index (κ3) is 16.5. The highest BCUT2D eigenvalue weighted by atomic mass is 32.3. The van der Waals surface area contributed by atoms with Crippen LogP contribution in [0.3, 0.4) is 0 Å². The Morgan fingerprint density at radius 1 is 0.845 bits per heavy atom. The minimum absolute atomic E-state index is 0.0441. The van der Waals surface area contributed by atoms with Gasteiger partial charge in [-0.3, -0.25) is 9.59 Å². The molecular weight excluding hydrogens is 1020 g/mol. The zero-order valence-electron chi connectivity index (χ0n) is 40.9. The molecule has 0 aliphatic carbocycles. The molecule has 6 unspecified atom stereocenters. The molecule has 30 heteroatoms. The summed E-state index contributed by atoms with van der Waals surface area (Å²) in [5.41, 5.74) is -0.300. The molecule has 1 saturated heterocycles. The summed E-state index contributed by atoms with van der Waals surface area (Å²) in [7, 11) is -7.07. The molecule has 3 N–H and O–H groups in total. The maximum Gasteiger partial charge on any atom is 0.347 e. The Morgan fingerprint density at radius 2 is 1.35 bits per heavy atom. The fraction of sp³-hybridized carbons (Fsp3) is 0.683. The molecule has 7 atom stereocenters. The van der Waals surface area contributed by atoms with Crippen molar-refractivity contribution in [2.45, 2.75) is 132 Å². The molecule has 0 saturated carbocycles. The zero-order valence-corrected chi connectivity index (χ0v) is 44.2. The number of nitrogens with zero attached hydrogens (tertiary/aromatic N) is 5. The van der Waals surface area contributed by atoms with Crippen LogP contribution >= 0.6 is 23.1 Å². The van der Waals surface area contributed by atoms with Gasteiger partial charge in [0, 0.05) is 57.3 Å². The van der Waals surface area contributed by atoms with Gasteiger partial charge >= 0.3 is 35.8 Å². The maximum absolute atomic E-state index is 13.3. The Balaban J connectivity index is 1.21. The number of likely N-dealkylation sites (N-methyl/N-ethyl adjacent to an activating group) is 2. The number of sulfonamides is 2. The normalized spacial score (nSPS) is 18.5. The first-order chi connectivity index (χ1) is 33.0. The van der Waals surface area contributed by atoms with Crippen LogP contribution in [0, 0.1) is 0 Å². The molecule has 71 heavy (non-hydrogen) atoms. The van der Waals surface area contributed by atoms with Crippen molar-refractivity contribution in [1.29, 1.82) is 0 Å². The molecule has 0 aromatic carbocycles. The molecule has 1 amide bonds. The standard InChI is InChI=1S/C41H61N7O19S4/c1-11-48(29-20-46(10)71(58,59)40-28(29)18-32(68-40)70(42,56)57)30(49)12-13-31(50)62-22(2)35(51)63-23(3)36(52)64-24(4)37(53)65-25(5)38(54)66-26(6)39(55)67-27(19-43-41(7,8)9)21-61-34-33(44-69-45-34)47-14-16-60-17-15-47/h18,22-27,29,43H,11-17,19-21H2,1-10H3,(H2,42,56,57)/t22?,23?,24?,25?,26?,27?,29-/m1/s1. The molecule has 1 fully saturated rings. The average molecular weight is 1080 g/mol.